The van der Waals surface area contributed by atoms with Crippen LogP contribution in [0.3, 0.4) is 0 Å². The quantitative estimate of drug-likeness (QED) is 0.553. The zero-order valence-electron chi connectivity index (χ0n) is 14.2. The van der Waals surface area contributed by atoms with Crippen molar-refractivity contribution in [2.75, 3.05) is 6.61 Å². The number of ether oxygens (including phenoxy) is 2. The molecule has 3 heterocycles. The Morgan fingerprint density at radius 1 is 1.41 bits per heavy atom. The molecular formula is C18H10ClF4NO4S. The smallest absolute Gasteiger partial charge is 0.433 e. The molecule has 0 radical (unpaired) electrons. The van der Waals surface area contributed by atoms with Gasteiger partial charge in [0, 0.05) is 11.5 Å². The molecule has 29 heavy (non-hydrogen) atoms. The van der Waals surface area contributed by atoms with Crippen molar-refractivity contribution < 1.29 is 36.9 Å². The number of halogens is 5. The van der Waals surface area contributed by atoms with Crippen molar-refractivity contribution in [1.29, 1.82) is 0 Å². The Labute approximate surface area is 169 Å². The van der Waals surface area contributed by atoms with Gasteiger partial charge in [0.15, 0.2) is 17.7 Å². The summed E-state index contributed by atoms with van der Waals surface area (Å²) in [5, 5.41) is 10.9. The molecule has 0 aliphatic carbocycles. The normalized spacial score (nSPS) is 16.0. The average molecular weight is 448 g/mol. The summed E-state index contributed by atoms with van der Waals surface area (Å²) in [6, 6.07) is 3.19. The molecule has 0 saturated heterocycles. The summed E-state index contributed by atoms with van der Waals surface area (Å²) in [5.74, 6) is -2.25. The third-order valence-electron chi connectivity index (χ3n) is 4.29. The summed E-state index contributed by atoms with van der Waals surface area (Å²) < 4.78 is 64.2. The minimum absolute atomic E-state index is 0.110. The van der Waals surface area contributed by atoms with E-state index in [2.05, 4.69) is 4.98 Å². The highest BCUT2D eigenvalue weighted by Gasteiger charge is 2.36. The fourth-order valence-corrected chi connectivity index (χ4v) is 4.42. The van der Waals surface area contributed by atoms with Gasteiger partial charge in [-0.1, -0.05) is 11.6 Å². The van der Waals surface area contributed by atoms with E-state index in [1.165, 1.54) is 17.5 Å². The van der Waals surface area contributed by atoms with E-state index in [-0.39, 0.29) is 39.9 Å². The Kier molecular flexibility index (Phi) is 4.78. The first-order valence-electron chi connectivity index (χ1n) is 8.12. The molecule has 152 valence electrons. The fraction of sp³-hybridized carbons (Fsp3) is 0.222. The van der Waals surface area contributed by atoms with Gasteiger partial charge in [-0.2, -0.15) is 13.2 Å². The molecule has 1 unspecified atom stereocenters. The molecule has 0 saturated carbocycles. The van der Waals surface area contributed by atoms with Gasteiger partial charge in [-0.15, -0.1) is 11.3 Å². The number of benzene rings is 1. The topological polar surface area (TPSA) is 68.7 Å². The maximum atomic E-state index is 14.9. The van der Waals surface area contributed by atoms with Crippen LogP contribution in [0.4, 0.5) is 17.6 Å². The lowest BCUT2D eigenvalue weighted by Gasteiger charge is -2.14. The van der Waals surface area contributed by atoms with Gasteiger partial charge in [0.25, 0.3) is 0 Å². The molecule has 0 bridgehead atoms. The minimum Gasteiger partial charge on any atom is -0.481 e. The number of thiophene rings is 1. The minimum atomic E-state index is -4.62. The number of rotatable bonds is 4. The standard InChI is InChI=1S/C18H10ClF4NO4S/c19-9-4-10(15(20)16-14(9)7(6-29-16)3-13(25)26)28-11-5-27-17-8(11)1-2-12(24-17)18(21,22)23/h1-2,4,6,11H,3,5H2,(H,25,26). The van der Waals surface area contributed by atoms with Gasteiger partial charge < -0.3 is 14.6 Å². The molecule has 1 aromatic carbocycles. The highest BCUT2D eigenvalue weighted by molar-refractivity contribution is 7.17. The first kappa shape index (κ1) is 19.7. The molecule has 3 aromatic rings. The Bertz CT molecular complexity index is 1130. The van der Waals surface area contributed by atoms with Crippen molar-refractivity contribution in [1.82, 2.24) is 4.98 Å². The zero-order chi connectivity index (χ0) is 20.9. The van der Waals surface area contributed by atoms with Gasteiger partial charge in [-0.25, -0.2) is 9.37 Å². The van der Waals surface area contributed by atoms with Crippen LogP contribution in [0.2, 0.25) is 5.02 Å². The maximum Gasteiger partial charge on any atom is 0.433 e. The first-order chi connectivity index (χ1) is 13.6. The Balaban J connectivity index is 1.67. The first-order valence-corrected chi connectivity index (χ1v) is 9.38. The molecule has 11 heteroatoms. The third kappa shape index (κ3) is 3.58. The zero-order valence-corrected chi connectivity index (χ0v) is 15.8. The van der Waals surface area contributed by atoms with Crippen molar-refractivity contribution in [3.63, 3.8) is 0 Å². The van der Waals surface area contributed by atoms with Gasteiger partial charge in [-0.05, 0) is 23.1 Å². The molecule has 0 amide bonds. The molecule has 1 aliphatic rings. The number of carboxylic acids is 1. The number of hydrogen-bond acceptors (Lipinski definition) is 5. The number of pyridine rings is 1. The molecular weight excluding hydrogens is 438 g/mol. The van der Waals surface area contributed by atoms with Crippen molar-refractivity contribution in [3.05, 3.63) is 51.2 Å². The van der Waals surface area contributed by atoms with Crippen LogP contribution in [0.1, 0.15) is 22.9 Å². The average Bonchev–Trinajstić information content (AvgIpc) is 3.22. The van der Waals surface area contributed by atoms with Crippen LogP contribution in [0, 0.1) is 5.82 Å². The van der Waals surface area contributed by atoms with Crippen molar-refractivity contribution in [2.24, 2.45) is 0 Å². The maximum absolute atomic E-state index is 14.9. The summed E-state index contributed by atoms with van der Waals surface area (Å²) in [7, 11) is 0. The van der Waals surface area contributed by atoms with Crippen LogP contribution in [-0.4, -0.2) is 22.7 Å². The fourth-order valence-electron chi connectivity index (χ4n) is 3.02. The lowest BCUT2D eigenvalue weighted by Crippen LogP contribution is -2.10. The van der Waals surface area contributed by atoms with Crippen LogP contribution in [0.5, 0.6) is 11.6 Å². The number of alkyl halides is 3. The van der Waals surface area contributed by atoms with Crippen molar-refractivity contribution >= 4 is 39.0 Å². The van der Waals surface area contributed by atoms with Crippen LogP contribution in [-0.2, 0) is 17.4 Å². The largest absolute Gasteiger partial charge is 0.481 e. The van der Waals surface area contributed by atoms with Gasteiger partial charge in [0.2, 0.25) is 5.88 Å². The lowest BCUT2D eigenvalue weighted by atomic mass is 10.1. The third-order valence-corrected chi connectivity index (χ3v) is 5.61. The summed E-state index contributed by atoms with van der Waals surface area (Å²) in [6.45, 7) is -0.145. The molecule has 0 fully saturated rings. The van der Waals surface area contributed by atoms with Gasteiger partial charge >= 0.3 is 12.1 Å². The van der Waals surface area contributed by atoms with Crippen molar-refractivity contribution in [3.8, 4) is 11.6 Å². The summed E-state index contributed by atoms with van der Waals surface area (Å²) >= 11 is 7.21. The number of carbonyl (C=O) groups is 1. The Morgan fingerprint density at radius 2 is 2.17 bits per heavy atom. The van der Waals surface area contributed by atoms with E-state index in [0.29, 0.717) is 10.9 Å². The number of aromatic nitrogens is 1. The number of hydrogen-bond donors (Lipinski definition) is 1. The molecule has 1 N–H and O–H groups in total. The Morgan fingerprint density at radius 3 is 2.86 bits per heavy atom. The molecule has 0 spiro atoms. The van der Waals surface area contributed by atoms with Gasteiger partial charge in [0.1, 0.15) is 12.3 Å². The predicted octanol–water partition coefficient (Wildman–Crippen LogP) is 5.25. The summed E-state index contributed by atoms with van der Waals surface area (Å²) in [5.41, 5.74) is -0.463. The number of nitrogens with zero attached hydrogens (tertiary/aromatic N) is 1. The van der Waals surface area contributed by atoms with Crippen LogP contribution < -0.4 is 9.47 Å². The monoisotopic (exact) mass is 447 g/mol. The number of carboxylic acid groups (broad SMARTS) is 1. The van der Waals surface area contributed by atoms with E-state index in [1.807, 2.05) is 0 Å². The SMILES string of the molecule is O=C(O)Cc1csc2c(F)c(OC3COc4nc(C(F)(F)F)ccc43)cc(Cl)c12. The second-order valence-corrected chi connectivity index (χ2v) is 7.50. The van der Waals surface area contributed by atoms with Gasteiger partial charge in [0.05, 0.1) is 21.7 Å². The van der Waals surface area contributed by atoms with E-state index in [4.69, 9.17) is 26.2 Å². The molecule has 2 aromatic heterocycles. The molecule has 4 rings (SSSR count). The van der Waals surface area contributed by atoms with E-state index in [9.17, 15) is 22.4 Å². The van der Waals surface area contributed by atoms with E-state index >= 15 is 0 Å². The number of aliphatic carboxylic acids is 1. The van der Waals surface area contributed by atoms with E-state index < -0.39 is 29.8 Å². The lowest BCUT2D eigenvalue weighted by molar-refractivity contribution is -0.141. The molecule has 1 atom stereocenters. The van der Waals surface area contributed by atoms with E-state index in [1.54, 1.807) is 0 Å². The van der Waals surface area contributed by atoms with Crippen LogP contribution >= 0.6 is 22.9 Å². The van der Waals surface area contributed by atoms with Gasteiger partial charge in [-0.3, -0.25) is 4.79 Å². The summed E-state index contributed by atoms with van der Waals surface area (Å²) in [6.07, 6.45) is -5.80. The molecule has 5 nitrogen and oxygen atoms in total. The number of fused-ring (bicyclic) bond motifs is 2. The summed E-state index contributed by atoms with van der Waals surface area (Å²) in [4.78, 5) is 14.4. The highest BCUT2D eigenvalue weighted by Crippen LogP contribution is 2.42. The van der Waals surface area contributed by atoms with Crippen molar-refractivity contribution in [2.45, 2.75) is 18.7 Å². The van der Waals surface area contributed by atoms with Crippen LogP contribution in [0.15, 0.2) is 23.6 Å². The predicted molar refractivity (Wildman–Crippen MR) is 96.2 cm³/mol. The highest BCUT2D eigenvalue weighted by atomic mass is 35.5. The van der Waals surface area contributed by atoms with Crippen LogP contribution in [0.25, 0.3) is 10.1 Å². The Hall–Kier alpha value is -2.59. The second kappa shape index (κ2) is 7.03. The molecule has 1 aliphatic heterocycles. The van der Waals surface area contributed by atoms with E-state index in [0.717, 1.165) is 17.4 Å². The second-order valence-electron chi connectivity index (χ2n) is 6.21.